The molecule has 0 saturated heterocycles. The first-order valence-corrected chi connectivity index (χ1v) is 9.92. The summed E-state index contributed by atoms with van der Waals surface area (Å²) in [6.45, 7) is 11.9. The molecule has 0 unspecified atom stereocenters. The number of fused-ring (bicyclic) bond motifs is 4. The normalized spacial score (nSPS) is 15.4. The van der Waals surface area contributed by atoms with Gasteiger partial charge in [0.15, 0.2) is 0 Å². The minimum Gasteiger partial charge on any atom is -0.427 e. The Morgan fingerprint density at radius 3 is 2.07 bits per heavy atom. The smallest absolute Gasteiger partial charge is 0.330 e. The first-order chi connectivity index (χ1) is 13.0. The maximum Gasteiger partial charge on any atom is 0.330 e. The maximum absolute atomic E-state index is 10.3. The topological polar surface area (TPSA) is 29.5 Å². The molecule has 0 aromatic heterocycles. The summed E-state index contributed by atoms with van der Waals surface area (Å²) >= 11 is 0. The van der Waals surface area contributed by atoms with E-state index in [-0.39, 0.29) is 5.41 Å². The second kappa shape index (κ2) is 6.20. The first-order valence-electron chi connectivity index (χ1n) is 9.92. The van der Waals surface area contributed by atoms with Crippen molar-refractivity contribution in [2.75, 3.05) is 0 Å². The lowest BCUT2D eigenvalue weighted by atomic mass is 9.77. The largest absolute Gasteiger partial charge is 0.427 e. The van der Waals surface area contributed by atoms with Crippen LogP contribution in [0.2, 0.25) is 0 Å². The summed E-state index contributed by atoms with van der Waals surface area (Å²) in [6.07, 6.45) is 0. The summed E-state index contributed by atoms with van der Waals surface area (Å²) in [5.41, 5.74) is 4.64. The van der Waals surface area contributed by atoms with Crippen molar-refractivity contribution in [1.29, 1.82) is 0 Å². The first kappa shape index (κ1) is 19.2. The summed E-state index contributed by atoms with van der Waals surface area (Å²) in [6, 6.07) is 19.7. The van der Waals surface area contributed by atoms with Gasteiger partial charge in [-0.15, -0.1) is 0 Å². The predicted molar refractivity (Wildman–Crippen MR) is 118 cm³/mol. The standard InChI is InChI=1S/C25H28BO2/c1-23(2)21-14-17-10-8-7-9-16(17)13-20(21)19-12-11-18(15-22(19)23)26-28-25(5,6)24(3,4)27/h7-15,27H,1-6H3. The molecule has 1 aliphatic carbocycles. The average Bonchev–Trinajstić information content (AvgIpc) is 2.84. The SMILES string of the molecule is CC1(C)c2cc([B]OC(C)(C)C(C)(C)O)ccc2-c2cc3ccccc3cc21. The molecule has 3 aromatic rings. The van der Waals surface area contributed by atoms with E-state index >= 15 is 0 Å². The molecule has 143 valence electrons. The molecule has 1 N–H and O–H groups in total. The van der Waals surface area contributed by atoms with Gasteiger partial charge in [-0.25, -0.2) is 0 Å². The Morgan fingerprint density at radius 2 is 1.43 bits per heavy atom. The summed E-state index contributed by atoms with van der Waals surface area (Å²) < 4.78 is 5.97. The number of rotatable bonds is 4. The van der Waals surface area contributed by atoms with E-state index in [1.54, 1.807) is 21.3 Å². The van der Waals surface area contributed by atoms with Crippen molar-refractivity contribution in [3.05, 3.63) is 65.7 Å². The van der Waals surface area contributed by atoms with E-state index in [0.717, 1.165) is 5.46 Å². The van der Waals surface area contributed by atoms with Gasteiger partial charge in [0.25, 0.3) is 0 Å². The Balaban J connectivity index is 1.72. The molecule has 0 spiro atoms. The third-order valence-corrected chi connectivity index (χ3v) is 6.53. The van der Waals surface area contributed by atoms with Crippen LogP contribution in [0.1, 0.15) is 52.7 Å². The molecular formula is C25H28BO2. The van der Waals surface area contributed by atoms with Crippen LogP contribution >= 0.6 is 0 Å². The molecule has 0 amide bonds. The van der Waals surface area contributed by atoms with Crippen LogP contribution in [0.3, 0.4) is 0 Å². The molecule has 0 bridgehead atoms. The molecule has 2 nitrogen and oxygen atoms in total. The zero-order valence-electron chi connectivity index (χ0n) is 17.6. The van der Waals surface area contributed by atoms with Crippen LogP contribution in [-0.2, 0) is 10.1 Å². The van der Waals surface area contributed by atoms with Crippen molar-refractivity contribution in [3.63, 3.8) is 0 Å². The van der Waals surface area contributed by atoms with E-state index in [2.05, 4.69) is 68.4 Å². The zero-order chi connectivity index (χ0) is 20.3. The highest BCUT2D eigenvalue weighted by Gasteiger charge is 2.37. The van der Waals surface area contributed by atoms with Gasteiger partial charge in [0, 0.05) is 5.41 Å². The third-order valence-electron chi connectivity index (χ3n) is 6.53. The number of aliphatic hydroxyl groups is 1. The minimum absolute atomic E-state index is 0.0652. The van der Waals surface area contributed by atoms with Crippen molar-refractivity contribution in [3.8, 4) is 11.1 Å². The Kier molecular flexibility index (Phi) is 4.26. The summed E-state index contributed by atoms with van der Waals surface area (Å²) in [5.74, 6) is 0. The molecule has 0 atom stereocenters. The molecule has 0 aliphatic heterocycles. The predicted octanol–water partition coefficient (Wildman–Crippen LogP) is 4.96. The molecule has 3 aromatic carbocycles. The number of benzene rings is 3. The third kappa shape index (κ3) is 2.98. The van der Waals surface area contributed by atoms with Gasteiger partial charge >= 0.3 is 7.48 Å². The average molecular weight is 371 g/mol. The monoisotopic (exact) mass is 371 g/mol. The Morgan fingerprint density at radius 1 is 0.821 bits per heavy atom. The van der Waals surface area contributed by atoms with Gasteiger partial charge in [-0.2, -0.15) is 0 Å². The van der Waals surface area contributed by atoms with Crippen LogP contribution in [0, 0.1) is 0 Å². The van der Waals surface area contributed by atoms with Crippen LogP contribution in [0.4, 0.5) is 0 Å². The van der Waals surface area contributed by atoms with E-state index in [1.807, 2.05) is 13.8 Å². The molecule has 0 fully saturated rings. The zero-order valence-corrected chi connectivity index (χ0v) is 17.6. The summed E-state index contributed by atoms with van der Waals surface area (Å²) in [7, 11) is 1.77. The highest BCUT2D eigenvalue weighted by Crippen LogP contribution is 2.49. The van der Waals surface area contributed by atoms with Gasteiger partial charge in [0.2, 0.25) is 0 Å². The maximum atomic E-state index is 10.3. The second-order valence-electron chi connectivity index (χ2n) is 9.48. The van der Waals surface area contributed by atoms with Gasteiger partial charge in [-0.1, -0.05) is 61.8 Å². The van der Waals surface area contributed by atoms with Crippen LogP contribution in [0.5, 0.6) is 0 Å². The van der Waals surface area contributed by atoms with Gasteiger partial charge in [-0.3, -0.25) is 0 Å². The Labute approximate surface area is 168 Å². The lowest BCUT2D eigenvalue weighted by molar-refractivity contribution is -0.0893. The summed E-state index contributed by atoms with van der Waals surface area (Å²) in [4.78, 5) is 0. The van der Waals surface area contributed by atoms with Gasteiger partial charge in [-0.05, 0) is 72.9 Å². The van der Waals surface area contributed by atoms with Gasteiger partial charge in [0.05, 0.1) is 11.2 Å². The highest BCUT2D eigenvalue weighted by atomic mass is 16.5. The molecule has 28 heavy (non-hydrogen) atoms. The van der Waals surface area contributed by atoms with Crippen molar-refractivity contribution in [1.82, 2.24) is 0 Å². The highest BCUT2D eigenvalue weighted by molar-refractivity contribution is 6.47. The van der Waals surface area contributed by atoms with E-state index in [1.165, 1.54) is 33.0 Å². The van der Waals surface area contributed by atoms with Crippen molar-refractivity contribution >= 4 is 23.7 Å². The molecule has 0 saturated carbocycles. The van der Waals surface area contributed by atoms with Crippen molar-refractivity contribution in [2.24, 2.45) is 0 Å². The lowest BCUT2D eigenvalue weighted by Crippen LogP contribution is -2.49. The van der Waals surface area contributed by atoms with E-state index in [0.29, 0.717) is 0 Å². The quantitative estimate of drug-likeness (QED) is 0.657. The Bertz CT molecular complexity index is 1060. The molecule has 4 rings (SSSR count). The number of hydrogen-bond acceptors (Lipinski definition) is 2. The second-order valence-corrected chi connectivity index (χ2v) is 9.48. The van der Waals surface area contributed by atoms with Crippen LogP contribution < -0.4 is 5.46 Å². The summed E-state index contributed by atoms with van der Waals surface area (Å²) in [5, 5.41) is 12.9. The fourth-order valence-electron chi connectivity index (χ4n) is 3.87. The number of hydrogen-bond donors (Lipinski definition) is 1. The van der Waals surface area contributed by atoms with E-state index in [4.69, 9.17) is 4.65 Å². The van der Waals surface area contributed by atoms with Crippen molar-refractivity contribution < 1.29 is 9.76 Å². The van der Waals surface area contributed by atoms with Crippen LogP contribution in [-0.4, -0.2) is 23.8 Å². The lowest BCUT2D eigenvalue weighted by Gasteiger charge is -2.37. The van der Waals surface area contributed by atoms with Crippen LogP contribution in [0.15, 0.2) is 54.6 Å². The van der Waals surface area contributed by atoms with Gasteiger partial charge < -0.3 is 9.76 Å². The fourth-order valence-corrected chi connectivity index (χ4v) is 3.87. The minimum atomic E-state index is -0.935. The molecule has 0 heterocycles. The molecule has 1 radical (unpaired) electrons. The van der Waals surface area contributed by atoms with Crippen LogP contribution in [0.25, 0.3) is 21.9 Å². The van der Waals surface area contributed by atoms with Crippen molar-refractivity contribution in [2.45, 2.75) is 58.2 Å². The van der Waals surface area contributed by atoms with E-state index in [9.17, 15) is 5.11 Å². The molecule has 3 heteroatoms. The molecule has 1 aliphatic rings. The van der Waals surface area contributed by atoms with E-state index < -0.39 is 11.2 Å². The Hall–Kier alpha value is -2.10. The van der Waals surface area contributed by atoms with Gasteiger partial charge in [0.1, 0.15) is 0 Å². The molecular weight excluding hydrogens is 343 g/mol. The fraction of sp³-hybridized carbons (Fsp3) is 0.360.